The van der Waals surface area contributed by atoms with Crippen LogP contribution < -0.4 is 9.46 Å². The number of aromatic nitrogens is 2. The van der Waals surface area contributed by atoms with E-state index in [0.29, 0.717) is 23.7 Å². The van der Waals surface area contributed by atoms with Crippen LogP contribution >= 0.6 is 0 Å². The van der Waals surface area contributed by atoms with Gasteiger partial charge in [0.15, 0.2) is 0 Å². The van der Waals surface area contributed by atoms with Gasteiger partial charge in [0.05, 0.1) is 22.1 Å². The molecule has 1 N–H and O–H groups in total. The lowest BCUT2D eigenvalue weighted by molar-refractivity contribution is -0.395. The van der Waals surface area contributed by atoms with Crippen molar-refractivity contribution in [2.75, 3.05) is 11.3 Å². The molecule has 0 aliphatic heterocycles. The van der Waals surface area contributed by atoms with Gasteiger partial charge in [0.25, 0.3) is 21.4 Å². The number of nitro groups is 2. The van der Waals surface area contributed by atoms with Crippen LogP contribution in [0.5, 0.6) is 5.88 Å². The molecule has 0 unspecified atom stereocenters. The second-order valence-electron chi connectivity index (χ2n) is 6.89. The highest BCUT2D eigenvalue weighted by Gasteiger charge is 2.28. The van der Waals surface area contributed by atoms with E-state index in [9.17, 15) is 28.6 Å². The minimum Gasteiger partial charge on any atom is -0.477 e. The smallest absolute Gasteiger partial charge is 0.280 e. The van der Waals surface area contributed by atoms with E-state index in [1.54, 1.807) is 24.3 Å². The minimum absolute atomic E-state index is 0.131. The molecule has 1 aromatic heterocycles. The zero-order valence-electron chi connectivity index (χ0n) is 17.6. The average molecular weight is 473 g/mol. The number of rotatable bonds is 9. The first-order valence-corrected chi connectivity index (χ1v) is 11.1. The van der Waals surface area contributed by atoms with Gasteiger partial charge in [-0.1, -0.05) is 19.1 Å². The normalized spacial score (nSPS) is 11.1. The van der Waals surface area contributed by atoms with Crippen molar-refractivity contribution in [2.24, 2.45) is 0 Å². The van der Waals surface area contributed by atoms with Gasteiger partial charge in [0, 0.05) is 29.4 Å². The Morgan fingerprint density at radius 1 is 1.00 bits per heavy atom. The van der Waals surface area contributed by atoms with Crippen molar-refractivity contribution < 1.29 is 23.0 Å². The second kappa shape index (κ2) is 9.56. The van der Waals surface area contributed by atoms with E-state index in [-0.39, 0.29) is 11.3 Å². The van der Waals surface area contributed by atoms with Crippen molar-refractivity contribution in [1.82, 2.24) is 10.2 Å². The Hall–Kier alpha value is -4.13. The maximum Gasteiger partial charge on any atom is 0.280 e. The van der Waals surface area contributed by atoms with Gasteiger partial charge in [0.1, 0.15) is 10.5 Å². The fourth-order valence-electron chi connectivity index (χ4n) is 2.91. The maximum absolute atomic E-state index is 12.9. The highest BCUT2D eigenvalue weighted by Crippen LogP contribution is 2.32. The number of nitrogens with one attached hydrogen (secondary N) is 1. The molecule has 0 atom stereocenters. The fourth-order valence-corrected chi connectivity index (χ4v) is 4.00. The molecule has 33 heavy (non-hydrogen) atoms. The van der Waals surface area contributed by atoms with E-state index < -0.39 is 36.1 Å². The largest absolute Gasteiger partial charge is 0.477 e. The third-order valence-corrected chi connectivity index (χ3v) is 5.90. The summed E-state index contributed by atoms with van der Waals surface area (Å²) in [5.74, 6) is 0.361. The summed E-state index contributed by atoms with van der Waals surface area (Å²) in [5, 5.41) is 30.6. The van der Waals surface area contributed by atoms with Gasteiger partial charge in [-0.05, 0) is 31.5 Å². The lowest BCUT2D eigenvalue weighted by Gasteiger charge is -2.10. The molecule has 0 amide bonds. The molecule has 0 fully saturated rings. The summed E-state index contributed by atoms with van der Waals surface area (Å²) < 4.78 is 33.4. The molecule has 0 aliphatic rings. The molecule has 3 rings (SSSR count). The number of nitrogens with zero attached hydrogens (tertiary/aromatic N) is 4. The Morgan fingerprint density at radius 2 is 1.67 bits per heavy atom. The number of hydrogen-bond donors (Lipinski definition) is 1. The molecule has 172 valence electrons. The lowest BCUT2D eigenvalue weighted by Crippen LogP contribution is -2.14. The molecule has 0 spiro atoms. The summed E-state index contributed by atoms with van der Waals surface area (Å²) in [7, 11) is -4.37. The van der Waals surface area contributed by atoms with Gasteiger partial charge in [-0.2, -0.15) is 0 Å². The van der Waals surface area contributed by atoms with E-state index in [4.69, 9.17) is 4.74 Å². The van der Waals surface area contributed by atoms with Gasteiger partial charge in [0.2, 0.25) is 5.88 Å². The zero-order chi connectivity index (χ0) is 24.2. The van der Waals surface area contributed by atoms with Crippen LogP contribution in [0, 0.1) is 27.2 Å². The van der Waals surface area contributed by atoms with Crippen LogP contribution in [0.2, 0.25) is 0 Å². The van der Waals surface area contributed by atoms with E-state index in [2.05, 4.69) is 14.9 Å². The molecule has 1 heterocycles. The van der Waals surface area contributed by atoms with Gasteiger partial charge in [-0.15, -0.1) is 10.2 Å². The Bertz CT molecular complexity index is 1280. The molecule has 13 heteroatoms. The van der Waals surface area contributed by atoms with E-state index >= 15 is 0 Å². The number of anilines is 1. The van der Waals surface area contributed by atoms with Crippen LogP contribution in [0.25, 0.3) is 11.3 Å². The fraction of sp³-hybridized carbons (Fsp3) is 0.200. The van der Waals surface area contributed by atoms with Crippen LogP contribution in [-0.4, -0.2) is 35.1 Å². The molecule has 2 aromatic carbocycles. The van der Waals surface area contributed by atoms with Crippen molar-refractivity contribution in [3.05, 3.63) is 74.3 Å². The third-order valence-electron chi connectivity index (χ3n) is 4.53. The van der Waals surface area contributed by atoms with E-state index in [0.717, 1.165) is 18.6 Å². The third kappa shape index (κ3) is 5.38. The molecule has 0 bridgehead atoms. The standard InChI is InChI=1S/C20H19N5O7S/c1-3-9-32-20-8-7-17(21-22-20)14-5-4-6-15(10-14)23-33(30,31)16-11-18(24(26)27)13(2)19(12-16)25(28)29/h4-8,10-12,23H,3,9H2,1-2H3. The predicted molar refractivity (Wildman–Crippen MR) is 119 cm³/mol. The summed E-state index contributed by atoms with van der Waals surface area (Å²) in [5.41, 5.74) is -0.438. The van der Waals surface area contributed by atoms with Gasteiger partial charge < -0.3 is 4.74 Å². The Kier molecular flexibility index (Phi) is 6.82. The highest BCUT2D eigenvalue weighted by molar-refractivity contribution is 7.92. The first-order chi connectivity index (χ1) is 15.6. The first-order valence-electron chi connectivity index (χ1n) is 9.65. The zero-order valence-corrected chi connectivity index (χ0v) is 18.4. The molecule has 3 aromatic rings. The quantitative estimate of drug-likeness (QED) is 0.358. The van der Waals surface area contributed by atoms with Crippen molar-refractivity contribution >= 4 is 27.1 Å². The molecular formula is C20H19N5O7S. The number of nitro benzene ring substituents is 2. The van der Waals surface area contributed by atoms with Crippen molar-refractivity contribution in [2.45, 2.75) is 25.2 Å². The van der Waals surface area contributed by atoms with Crippen LogP contribution in [0.4, 0.5) is 17.1 Å². The van der Waals surface area contributed by atoms with Crippen molar-refractivity contribution in [1.29, 1.82) is 0 Å². The summed E-state index contributed by atoms with van der Waals surface area (Å²) in [6, 6.07) is 11.1. The summed E-state index contributed by atoms with van der Waals surface area (Å²) in [4.78, 5) is 20.2. The molecule has 0 aliphatic carbocycles. The van der Waals surface area contributed by atoms with Gasteiger partial charge in [-0.3, -0.25) is 25.0 Å². The average Bonchev–Trinajstić information content (AvgIpc) is 2.77. The number of sulfonamides is 1. The lowest BCUT2D eigenvalue weighted by atomic mass is 10.1. The summed E-state index contributed by atoms with van der Waals surface area (Å²) >= 11 is 0. The monoisotopic (exact) mass is 473 g/mol. The Labute approximate surface area is 188 Å². The number of benzene rings is 2. The second-order valence-corrected chi connectivity index (χ2v) is 8.57. The molecule has 12 nitrogen and oxygen atoms in total. The van der Waals surface area contributed by atoms with Crippen molar-refractivity contribution in [3.8, 4) is 17.1 Å². The first kappa shape index (κ1) is 23.5. The Balaban J connectivity index is 1.92. The van der Waals surface area contributed by atoms with E-state index in [1.165, 1.54) is 19.1 Å². The highest BCUT2D eigenvalue weighted by atomic mass is 32.2. The minimum atomic E-state index is -4.37. The summed E-state index contributed by atoms with van der Waals surface area (Å²) in [6.45, 7) is 3.64. The number of hydrogen-bond acceptors (Lipinski definition) is 9. The SMILES string of the molecule is CCCOc1ccc(-c2cccc(NS(=O)(=O)c3cc([N+](=O)[O-])c(C)c([N+](=O)[O-])c3)c2)nn1. The summed E-state index contributed by atoms with van der Waals surface area (Å²) in [6.07, 6.45) is 0.818. The molecule has 0 saturated carbocycles. The number of ether oxygens (including phenoxy) is 1. The van der Waals surface area contributed by atoms with Crippen molar-refractivity contribution in [3.63, 3.8) is 0 Å². The predicted octanol–water partition coefficient (Wildman–Crippen LogP) is 3.86. The maximum atomic E-state index is 12.9. The molecular weight excluding hydrogens is 454 g/mol. The van der Waals surface area contributed by atoms with Gasteiger partial charge in [-0.25, -0.2) is 8.42 Å². The topological polar surface area (TPSA) is 167 Å². The molecule has 0 saturated heterocycles. The van der Waals surface area contributed by atoms with Gasteiger partial charge >= 0.3 is 0 Å². The van der Waals surface area contributed by atoms with E-state index in [1.807, 2.05) is 6.92 Å². The van der Waals surface area contributed by atoms with Crippen LogP contribution in [0.1, 0.15) is 18.9 Å². The Morgan fingerprint density at radius 3 is 2.21 bits per heavy atom. The van der Waals surface area contributed by atoms with Crippen LogP contribution in [0.3, 0.4) is 0 Å². The van der Waals surface area contributed by atoms with Crippen LogP contribution in [0.15, 0.2) is 53.4 Å². The molecule has 0 radical (unpaired) electrons. The van der Waals surface area contributed by atoms with Crippen LogP contribution in [-0.2, 0) is 10.0 Å².